The molecule has 3 atom stereocenters. The minimum Gasteiger partial charge on any atom is -0.481 e. The van der Waals surface area contributed by atoms with Gasteiger partial charge in [0.15, 0.2) is 0 Å². The molecule has 1 aromatic rings. The van der Waals surface area contributed by atoms with Crippen LogP contribution in [0.4, 0.5) is 0 Å². The molecule has 5 nitrogen and oxygen atoms in total. The van der Waals surface area contributed by atoms with Gasteiger partial charge in [-0.3, -0.25) is 14.6 Å². The van der Waals surface area contributed by atoms with Crippen molar-refractivity contribution in [3.63, 3.8) is 0 Å². The summed E-state index contributed by atoms with van der Waals surface area (Å²) in [5.74, 6) is -2.13. The molecule has 1 amide bonds. The molecule has 102 valence electrons. The van der Waals surface area contributed by atoms with Crippen LogP contribution in [0.15, 0.2) is 24.5 Å². The standard InChI is InChI=1S/C14H18N2O3/c1-8(9-4-6-15-7-5-9)16-12(17)10-11(13(18)19)14(10,2)3/h4-8,10-11H,1-3H3,(H,16,17)(H,18,19)/t8-,10-,11+/m1/s1. The van der Waals surface area contributed by atoms with E-state index in [4.69, 9.17) is 5.11 Å². The van der Waals surface area contributed by atoms with Gasteiger partial charge < -0.3 is 10.4 Å². The molecule has 0 unspecified atom stereocenters. The number of hydrogen-bond donors (Lipinski definition) is 2. The molecule has 19 heavy (non-hydrogen) atoms. The van der Waals surface area contributed by atoms with Crippen LogP contribution in [0.25, 0.3) is 0 Å². The van der Waals surface area contributed by atoms with Crippen LogP contribution in [-0.2, 0) is 9.59 Å². The van der Waals surface area contributed by atoms with E-state index in [2.05, 4.69) is 10.3 Å². The zero-order valence-corrected chi connectivity index (χ0v) is 11.3. The van der Waals surface area contributed by atoms with Crippen molar-refractivity contribution >= 4 is 11.9 Å². The Hall–Kier alpha value is -1.91. The SMILES string of the molecule is C[C@@H](NC(=O)[C@H]1[C@@H](C(=O)O)C1(C)C)c1ccncc1. The third-order valence-electron chi connectivity index (χ3n) is 3.94. The van der Waals surface area contributed by atoms with Gasteiger partial charge in [-0.05, 0) is 30.0 Å². The van der Waals surface area contributed by atoms with Crippen molar-refractivity contribution in [1.29, 1.82) is 0 Å². The van der Waals surface area contributed by atoms with Crippen molar-refractivity contribution in [3.8, 4) is 0 Å². The van der Waals surface area contributed by atoms with Gasteiger partial charge >= 0.3 is 5.97 Å². The van der Waals surface area contributed by atoms with Crippen LogP contribution in [0.2, 0.25) is 0 Å². The van der Waals surface area contributed by atoms with Crippen LogP contribution in [-0.4, -0.2) is 22.0 Å². The molecular weight excluding hydrogens is 244 g/mol. The van der Waals surface area contributed by atoms with Gasteiger partial charge in [-0.15, -0.1) is 0 Å². The third kappa shape index (κ3) is 2.45. The Kier molecular flexibility index (Phi) is 3.30. The summed E-state index contributed by atoms with van der Waals surface area (Å²) in [6, 6.07) is 3.51. The highest BCUT2D eigenvalue weighted by Crippen LogP contribution is 2.58. The molecule has 1 aliphatic carbocycles. The van der Waals surface area contributed by atoms with Crippen molar-refractivity contribution in [2.45, 2.75) is 26.8 Å². The lowest BCUT2D eigenvalue weighted by Crippen LogP contribution is -2.30. The number of carboxylic acids is 1. The molecule has 0 aliphatic heterocycles. The van der Waals surface area contributed by atoms with Gasteiger partial charge in [-0.2, -0.15) is 0 Å². The lowest BCUT2D eigenvalue weighted by molar-refractivity contribution is -0.140. The van der Waals surface area contributed by atoms with E-state index >= 15 is 0 Å². The first-order valence-electron chi connectivity index (χ1n) is 6.29. The first kappa shape index (κ1) is 13.5. The Bertz CT molecular complexity index is 499. The number of aromatic nitrogens is 1. The van der Waals surface area contributed by atoms with E-state index in [9.17, 15) is 9.59 Å². The van der Waals surface area contributed by atoms with E-state index in [0.717, 1.165) is 5.56 Å². The topological polar surface area (TPSA) is 79.3 Å². The highest BCUT2D eigenvalue weighted by molar-refractivity contribution is 5.91. The van der Waals surface area contributed by atoms with Gasteiger partial charge in [-0.1, -0.05) is 13.8 Å². The molecular formula is C14H18N2O3. The lowest BCUT2D eigenvalue weighted by Gasteiger charge is -2.14. The first-order valence-corrected chi connectivity index (χ1v) is 6.29. The number of carbonyl (C=O) groups excluding carboxylic acids is 1. The van der Waals surface area contributed by atoms with Crippen LogP contribution >= 0.6 is 0 Å². The molecule has 2 rings (SSSR count). The summed E-state index contributed by atoms with van der Waals surface area (Å²) in [6.45, 7) is 5.50. The van der Waals surface area contributed by atoms with Crippen molar-refractivity contribution in [2.24, 2.45) is 17.3 Å². The first-order chi connectivity index (χ1) is 8.85. The number of carbonyl (C=O) groups is 2. The Labute approximate surface area is 112 Å². The van der Waals surface area contributed by atoms with Gasteiger partial charge in [0.25, 0.3) is 0 Å². The summed E-state index contributed by atoms with van der Waals surface area (Å²) >= 11 is 0. The van der Waals surface area contributed by atoms with Crippen LogP contribution < -0.4 is 5.32 Å². The Morgan fingerprint density at radius 3 is 2.37 bits per heavy atom. The number of nitrogens with zero attached hydrogens (tertiary/aromatic N) is 1. The fourth-order valence-electron chi connectivity index (χ4n) is 2.63. The summed E-state index contributed by atoms with van der Waals surface area (Å²) in [5.41, 5.74) is 0.488. The Morgan fingerprint density at radius 2 is 1.89 bits per heavy atom. The van der Waals surface area contributed by atoms with Crippen LogP contribution in [0.1, 0.15) is 32.4 Å². The van der Waals surface area contributed by atoms with Gasteiger partial charge in [0.2, 0.25) is 5.91 Å². The van der Waals surface area contributed by atoms with E-state index < -0.39 is 23.2 Å². The summed E-state index contributed by atoms with van der Waals surface area (Å²) in [6.07, 6.45) is 3.33. The van der Waals surface area contributed by atoms with Crippen molar-refractivity contribution < 1.29 is 14.7 Å². The second kappa shape index (κ2) is 4.64. The molecule has 0 radical (unpaired) electrons. The predicted octanol–water partition coefficient (Wildman–Crippen LogP) is 1.62. The largest absolute Gasteiger partial charge is 0.481 e. The molecule has 1 saturated carbocycles. The van der Waals surface area contributed by atoms with Crippen molar-refractivity contribution in [1.82, 2.24) is 10.3 Å². The Balaban J connectivity index is 2.02. The second-order valence-corrected chi connectivity index (χ2v) is 5.63. The maximum absolute atomic E-state index is 12.1. The van der Waals surface area contributed by atoms with Crippen molar-refractivity contribution in [2.75, 3.05) is 0 Å². The van der Waals surface area contributed by atoms with E-state index in [1.165, 1.54) is 0 Å². The third-order valence-corrected chi connectivity index (χ3v) is 3.94. The van der Waals surface area contributed by atoms with Gasteiger partial charge in [-0.25, -0.2) is 0 Å². The molecule has 2 N–H and O–H groups in total. The van der Waals surface area contributed by atoms with E-state index in [-0.39, 0.29) is 11.9 Å². The van der Waals surface area contributed by atoms with E-state index in [1.807, 2.05) is 32.9 Å². The normalized spacial score (nSPS) is 25.4. The van der Waals surface area contributed by atoms with Crippen LogP contribution in [0, 0.1) is 17.3 Å². The fraction of sp³-hybridized carbons (Fsp3) is 0.500. The van der Waals surface area contributed by atoms with Gasteiger partial charge in [0, 0.05) is 12.4 Å². The average Bonchev–Trinajstić information content (AvgIpc) is 2.93. The van der Waals surface area contributed by atoms with Crippen LogP contribution in [0.3, 0.4) is 0 Å². The average molecular weight is 262 g/mol. The second-order valence-electron chi connectivity index (χ2n) is 5.63. The minimum absolute atomic E-state index is 0.152. The molecule has 0 spiro atoms. The molecule has 1 aliphatic rings. The highest BCUT2D eigenvalue weighted by Gasteiger charge is 2.65. The highest BCUT2D eigenvalue weighted by atomic mass is 16.4. The summed E-state index contributed by atoms with van der Waals surface area (Å²) < 4.78 is 0. The maximum Gasteiger partial charge on any atom is 0.307 e. The van der Waals surface area contributed by atoms with Gasteiger partial charge in [0.1, 0.15) is 0 Å². The van der Waals surface area contributed by atoms with E-state index in [0.29, 0.717) is 0 Å². The minimum atomic E-state index is -0.901. The zero-order valence-electron chi connectivity index (χ0n) is 11.3. The zero-order chi connectivity index (χ0) is 14.2. The monoisotopic (exact) mass is 262 g/mol. The molecule has 1 aromatic heterocycles. The van der Waals surface area contributed by atoms with Crippen molar-refractivity contribution in [3.05, 3.63) is 30.1 Å². The number of pyridine rings is 1. The number of amides is 1. The molecule has 0 bridgehead atoms. The van der Waals surface area contributed by atoms with E-state index in [1.54, 1.807) is 12.4 Å². The summed E-state index contributed by atoms with van der Waals surface area (Å²) in [4.78, 5) is 27.1. The molecule has 1 heterocycles. The molecule has 0 aromatic carbocycles. The molecule has 1 fully saturated rings. The molecule has 5 heteroatoms. The number of nitrogens with one attached hydrogen (secondary N) is 1. The number of hydrogen-bond acceptors (Lipinski definition) is 3. The van der Waals surface area contributed by atoms with Gasteiger partial charge in [0.05, 0.1) is 17.9 Å². The smallest absolute Gasteiger partial charge is 0.307 e. The Morgan fingerprint density at radius 1 is 1.32 bits per heavy atom. The maximum atomic E-state index is 12.1. The van der Waals surface area contributed by atoms with Crippen LogP contribution in [0.5, 0.6) is 0 Å². The summed E-state index contributed by atoms with van der Waals surface area (Å²) in [5, 5.41) is 11.9. The number of aliphatic carboxylic acids is 1. The lowest BCUT2D eigenvalue weighted by atomic mass is 10.1. The quantitative estimate of drug-likeness (QED) is 0.864. The fourth-order valence-corrected chi connectivity index (χ4v) is 2.63. The number of carboxylic acid groups (broad SMARTS) is 1. The molecule has 0 saturated heterocycles. The number of rotatable bonds is 4. The summed E-state index contributed by atoms with van der Waals surface area (Å²) in [7, 11) is 0. The predicted molar refractivity (Wildman–Crippen MR) is 69.2 cm³/mol.